The van der Waals surface area contributed by atoms with Crippen molar-refractivity contribution >= 4 is 11.6 Å². The third-order valence-corrected chi connectivity index (χ3v) is 4.58. The van der Waals surface area contributed by atoms with Gasteiger partial charge >= 0.3 is 0 Å². The first-order valence-electron chi connectivity index (χ1n) is 6.90. The molecule has 3 nitrogen and oxygen atoms in total. The number of piperazine rings is 1. The van der Waals surface area contributed by atoms with Gasteiger partial charge in [-0.25, -0.2) is 0 Å². The summed E-state index contributed by atoms with van der Waals surface area (Å²) in [5.41, 5.74) is 1.28. The highest BCUT2D eigenvalue weighted by Gasteiger charge is 2.34. The smallest absolute Gasteiger partial charge is 0.0637 e. The predicted octanol–water partition coefficient (Wildman–Crippen LogP) is 2.48. The van der Waals surface area contributed by atoms with Crippen LogP contribution in [0.25, 0.3) is 0 Å². The summed E-state index contributed by atoms with van der Waals surface area (Å²) in [4.78, 5) is 6.71. The average molecular weight is 266 g/mol. The van der Waals surface area contributed by atoms with Gasteiger partial charge in [-0.15, -0.1) is 0 Å². The number of aromatic nitrogens is 1. The quantitative estimate of drug-likeness (QED) is 0.910. The molecule has 2 aliphatic rings. The second-order valence-electron chi connectivity index (χ2n) is 5.32. The fourth-order valence-electron chi connectivity index (χ4n) is 3.09. The molecule has 1 N–H and O–H groups in total. The van der Waals surface area contributed by atoms with Crippen LogP contribution in [0.4, 0.5) is 0 Å². The van der Waals surface area contributed by atoms with E-state index in [9.17, 15) is 0 Å². The van der Waals surface area contributed by atoms with E-state index in [1.165, 1.54) is 24.8 Å². The van der Waals surface area contributed by atoms with E-state index in [0.717, 1.165) is 37.1 Å². The fourth-order valence-corrected chi connectivity index (χ4v) is 3.32. The summed E-state index contributed by atoms with van der Waals surface area (Å²) >= 11 is 6.36. The molecule has 1 aliphatic carbocycles. The van der Waals surface area contributed by atoms with Gasteiger partial charge in [0.1, 0.15) is 0 Å². The molecule has 1 saturated heterocycles. The van der Waals surface area contributed by atoms with E-state index in [1.54, 1.807) is 6.20 Å². The highest BCUT2D eigenvalue weighted by molar-refractivity contribution is 6.31. The number of hydrogen-bond donors (Lipinski definition) is 1. The maximum absolute atomic E-state index is 6.36. The Morgan fingerprint density at radius 3 is 2.72 bits per heavy atom. The van der Waals surface area contributed by atoms with Crippen molar-refractivity contribution in [2.75, 3.05) is 26.2 Å². The lowest BCUT2D eigenvalue weighted by molar-refractivity contribution is 0.0837. The van der Waals surface area contributed by atoms with Crippen LogP contribution < -0.4 is 5.32 Å². The van der Waals surface area contributed by atoms with Gasteiger partial charge in [0.15, 0.2) is 0 Å². The van der Waals surface area contributed by atoms with Crippen molar-refractivity contribution in [3.63, 3.8) is 0 Å². The lowest BCUT2D eigenvalue weighted by Crippen LogP contribution is -2.47. The summed E-state index contributed by atoms with van der Waals surface area (Å²) in [6.45, 7) is 4.43. The highest BCUT2D eigenvalue weighted by atomic mass is 35.5. The molecule has 3 rings (SSSR count). The standard InChI is InChI=1S/C14H20ClN3/c15-13-10-17-5-4-12(13)14(11-2-1-3-11)18-8-6-16-7-9-18/h4-5,10-11,14,16H,1-3,6-9H2/t14-/m0/s1. The zero-order valence-electron chi connectivity index (χ0n) is 10.6. The van der Waals surface area contributed by atoms with E-state index in [2.05, 4.69) is 21.3 Å². The van der Waals surface area contributed by atoms with Gasteiger partial charge in [-0.3, -0.25) is 9.88 Å². The van der Waals surface area contributed by atoms with Gasteiger partial charge < -0.3 is 5.32 Å². The molecule has 0 bridgehead atoms. The van der Waals surface area contributed by atoms with Crippen LogP contribution in [-0.2, 0) is 0 Å². The third-order valence-electron chi connectivity index (χ3n) is 4.26. The van der Waals surface area contributed by atoms with Gasteiger partial charge in [-0.2, -0.15) is 0 Å². The van der Waals surface area contributed by atoms with Crippen LogP contribution in [0.3, 0.4) is 0 Å². The SMILES string of the molecule is Clc1cnccc1[C@H](C1CCC1)N1CCNCC1. The molecule has 2 fully saturated rings. The maximum atomic E-state index is 6.36. The Bertz CT molecular complexity index is 400. The van der Waals surface area contributed by atoms with Gasteiger partial charge in [0.2, 0.25) is 0 Å². The molecular weight excluding hydrogens is 246 g/mol. The second-order valence-corrected chi connectivity index (χ2v) is 5.73. The Morgan fingerprint density at radius 2 is 2.11 bits per heavy atom. The van der Waals surface area contributed by atoms with Gasteiger partial charge in [0, 0.05) is 44.6 Å². The number of nitrogens with one attached hydrogen (secondary N) is 1. The van der Waals surface area contributed by atoms with Crippen molar-refractivity contribution in [1.82, 2.24) is 15.2 Å². The molecular formula is C14H20ClN3. The number of rotatable bonds is 3. The zero-order valence-corrected chi connectivity index (χ0v) is 11.4. The van der Waals surface area contributed by atoms with Crippen LogP contribution in [0.2, 0.25) is 5.02 Å². The van der Waals surface area contributed by atoms with Crippen molar-refractivity contribution in [3.05, 3.63) is 29.0 Å². The van der Waals surface area contributed by atoms with E-state index in [1.807, 2.05) is 6.20 Å². The molecule has 1 saturated carbocycles. The van der Waals surface area contributed by atoms with Gasteiger partial charge in [-0.1, -0.05) is 18.0 Å². The molecule has 4 heteroatoms. The summed E-state index contributed by atoms with van der Waals surface area (Å²) in [7, 11) is 0. The molecule has 1 aromatic heterocycles. The minimum absolute atomic E-state index is 0.497. The van der Waals surface area contributed by atoms with E-state index in [-0.39, 0.29) is 0 Å². The van der Waals surface area contributed by atoms with E-state index in [4.69, 9.17) is 11.6 Å². The van der Waals surface area contributed by atoms with Crippen molar-refractivity contribution in [2.45, 2.75) is 25.3 Å². The predicted molar refractivity (Wildman–Crippen MR) is 73.8 cm³/mol. The first-order chi connectivity index (χ1) is 8.86. The Morgan fingerprint density at radius 1 is 1.33 bits per heavy atom. The third kappa shape index (κ3) is 2.40. The molecule has 0 aromatic carbocycles. The molecule has 1 aliphatic heterocycles. The lowest BCUT2D eigenvalue weighted by Gasteiger charge is -2.43. The zero-order chi connectivity index (χ0) is 12.4. The van der Waals surface area contributed by atoms with Gasteiger partial charge in [-0.05, 0) is 30.4 Å². The van der Waals surface area contributed by atoms with Crippen LogP contribution >= 0.6 is 11.6 Å². The van der Waals surface area contributed by atoms with Crippen molar-refractivity contribution in [2.24, 2.45) is 5.92 Å². The van der Waals surface area contributed by atoms with E-state index < -0.39 is 0 Å². The van der Waals surface area contributed by atoms with Crippen LogP contribution in [0.1, 0.15) is 30.9 Å². The summed E-state index contributed by atoms with van der Waals surface area (Å²) in [6, 6.07) is 2.60. The Labute approximate surface area is 114 Å². The average Bonchev–Trinajstić information content (AvgIpc) is 2.36. The van der Waals surface area contributed by atoms with Crippen LogP contribution in [0.5, 0.6) is 0 Å². The van der Waals surface area contributed by atoms with Crippen molar-refractivity contribution in [3.8, 4) is 0 Å². The molecule has 18 heavy (non-hydrogen) atoms. The molecule has 2 heterocycles. The van der Waals surface area contributed by atoms with Crippen molar-refractivity contribution < 1.29 is 0 Å². The number of nitrogens with zero attached hydrogens (tertiary/aromatic N) is 2. The van der Waals surface area contributed by atoms with Gasteiger partial charge in [0.25, 0.3) is 0 Å². The molecule has 0 amide bonds. The minimum atomic E-state index is 0.497. The monoisotopic (exact) mass is 265 g/mol. The number of halogens is 1. The van der Waals surface area contributed by atoms with Crippen LogP contribution in [0.15, 0.2) is 18.5 Å². The largest absolute Gasteiger partial charge is 0.314 e. The molecule has 98 valence electrons. The molecule has 0 unspecified atom stereocenters. The molecule has 1 atom stereocenters. The first-order valence-corrected chi connectivity index (χ1v) is 7.28. The number of pyridine rings is 1. The first kappa shape index (κ1) is 12.4. The van der Waals surface area contributed by atoms with Gasteiger partial charge in [0.05, 0.1) is 5.02 Å². The fraction of sp³-hybridized carbons (Fsp3) is 0.643. The molecule has 0 radical (unpaired) electrons. The Balaban J connectivity index is 1.87. The molecule has 1 aromatic rings. The summed E-state index contributed by atoms with van der Waals surface area (Å²) in [5.74, 6) is 0.781. The summed E-state index contributed by atoms with van der Waals surface area (Å²) in [5, 5.41) is 4.25. The number of hydrogen-bond acceptors (Lipinski definition) is 3. The van der Waals surface area contributed by atoms with Crippen LogP contribution in [0, 0.1) is 5.92 Å². The topological polar surface area (TPSA) is 28.2 Å². The lowest BCUT2D eigenvalue weighted by atomic mass is 9.76. The van der Waals surface area contributed by atoms with E-state index in [0.29, 0.717) is 6.04 Å². The Kier molecular flexibility index (Phi) is 3.83. The summed E-state index contributed by atoms with van der Waals surface area (Å²) < 4.78 is 0. The maximum Gasteiger partial charge on any atom is 0.0637 e. The second kappa shape index (κ2) is 5.55. The minimum Gasteiger partial charge on any atom is -0.314 e. The highest BCUT2D eigenvalue weighted by Crippen LogP contribution is 2.43. The Hall–Kier alpha value is -0.640. The summed E-state index contributed by atoms with van der Waals surface area (Å²) in [6.07, 6.45) is 7.70. The molecule has 0 spiro atoms. The normalized spacial score (nSPS) is 23.6. The van der Waals surface area contributed by atoms with E-state index >= 15 is 0 Å². The van der Waals surface area contributed by atoms with Crippen molar-refractivity contribution in [1.29, 1.82) is 0 Å². The van der Waals surface area contributed by atoms with Crippen LogP contribution in [-0.4, -0.2) is 36.1 Å².